The summed E-state index contributed by atoms with van der Waals surface area (Å²) in [5.41, 5.74) is 6.55. The van der Waals surface area contributed by atoms with Crippen molar-refractivity contribution in [2.45, 2.75) is 13.8 Å². The second-order valence-electron chi connectivity index (χ2n) is 7.36. The molecule has 32 heavy (non-hydrogen) atoms. The maximum atomic E-state index is 12.8. The number of ether oxygens (including phenoxy) is 1. The predicted octanol–water partition coefficient (Wildman–Crippen LogP) is 6.33. The van der Waals surface area contributed by atoms with Crippen LogP contribution in [0.2, 0.25) is 10.0 Å². The zero-order valence-corrected chi connectivity index (χ0v) is 19.3. The molecule has 0 spiro atoms. The smallest absolute Gasteiger partial charge is 0.275 e. The highest BCUT2D eigenvalue weighted by Crippen LogP contribution is 2.29. The number of fused-ring (bicyclic) bond motifs is 1. The van der Waals surface area contributed by atoms with Crippen molar-refractivity contribution >= 4 is 46.1 Å². The summed E-state index contributed by atoms with van der Waals surface area (Å²) in [6.07, 6.45) is 1.61. The van der Waals surface area contributed by atoms with E-state index in [1.165, 1.54) is 0 Å². The summed E-state index contributed by atoms with van der Waals surface area (Å²) in [7, 11) is 1.54. The van der Waals surface area contributed by atoms with E-state index in [2.05, 4.69) is 10.5 Å². The number of hydrazone groups is 1. The van der Waals surface area contributed by atoms with Crippen molar-refractivity contribution in [2.75, 3.05) is 7.11 Å². The van der Waals surface area contributed by atoms with Gasteiger partial charge in [0, 0.05) is 22.0 Å². The number of carbonyl (C=O) groups is 1. The lowest BCUT2D eigenvalue weighted by Gasteiger charge is -2.12. The Hall–Kier alpha value is -3.28. The first-order valence-electron chi connectivity index (χ1n) is 9.93. The highest BCUT2D eigenvalue weighted by Gasteiger charge is 2.15. The van der Waals surface area contributed by atoms with Crippen LogP contribution < -0.4 is 10.2 Å². The van der Waals surface area contributed by atoms with Gasteiger partial charge >= 0.3 is 0 Å². The first-order chi connectivity index (χ1) is 15.4. The van der Waals surface area contributed by atoms with Gasteiger partial charge in [-0.3, -0.25) is 4.79 Å². The topological polar surface area (TPSA) is 55.6 Å². The van der Waals surface area contributed by atoms with Crippen molar-refractivity contribution in [3.8, 4) is 11.4 Å². The fraction of sp³-hybridized carbons (Fsp3) is 0.120. The van der Waals surface area contributed by atoms with Crippen LogP contribution in [-0.4, -0.2) is 23.8 Å². The van der Waals surface area contributed by atoms with E-state index in [-0.39, 0.29) is 5.91 Å². The van der Waals surface area contributed by atoms with Gasteiger partial charge in [-0.2, -0.15) is 5.10 Å². The second kappa shape index (κ2) is 9.07. The zero-order chi connectivity index (χ0) is 22.8. The van der Waals surface area contributed by atoms with Gasteiger partial charge < -0.3 is 9.30 Å². The standard InChI is InChI=1S/C25H21Cl2N3O2/c1-15-10-19(16(2)30(15)23-13-20(26)8-9-22(23)27)14-28-29-25(31)21-11-17-6-4-5-7-18(17)12-24(21)32-3/h4-14H,1-3H3,(H,29,31)/b28-14-. The Morgan fingerprint density at radius 2 is 1.75 bits per heavy atom. The number of halogens is 2. The molecule has 0 unspecified atom stereocenters. The molecule has 0 atom stereocenters. The summed E-state index contributed by atoms with van der Waals surface area (Å²) in [5.74, 6) is 0.140. The summed E-state index contributed by atoms with van der Waals surface area (Å²) in [6, 6.07) is 18.7. The van der Waals surface area contributed by atoms with Crippen molar-refractivity contribution < 1.29 is 9.53 Å². The average Bonchev–Trinajstić information content (AvgIpc) is 3.07. The van der Waals surface area contributed by atoms with Crippen LogP contribution in [0.1, 0.15) is 27.3 Å². The Balaban J connectivity index is 1.59. The predicted molar refractivity (Wildman–Crippen MR) is 131 cm³/mol. The third kappa shape index (κ3) is 4.22. The average molecular weight is 466 g/mol. The van der Waals surface area contributed by atoms with Crippen LogP contribution in [0.3, 0.4) is 0 Å². The SMILES string of the molecule is COc1cc2ccccc2cc1C(=O)N/N=C\c1cc(C)n(-c2cc(Cl)ccc2Cl)c1C. The number of methoxy groups -OCH3 is 1. The molecule has 4 rings (SSSR count). The molecule has 0 aliphatic rings. The number of amides is 1. The molecule has 0 saturated carbocycles. The summed E-state index contributed by atoms with van der Waals surface area (Å²) in [4.78, 5) is 12.8. The zero-order valence-electron chi connectivity index (χ0n) is 17.8. The normalized spacial score (nSPS) is 11.3. The fourth-order valence-electron chi connectivity index (χ4n) is 3.73. The van der Waals surface area contributed by atoms with Crippen LogP contribution in [0.25, 0.3) is 16.5 Å². The minimum Gasteiger partial charge on any atom is -0.496 e. The first-order valence-corrected chi connectivity index (χ1v) is 10.7. The molecule has 162 valence electrons. The number of benzene rings is 3. The fourth-order valence-corrected chi connectivity index (χ4v) is 4.10. The van der Waals surface area contributed by atoms with Crippen LogP contribution in [0.5, 0.6) is 5.75 Å². The Morgan fingerprint density at radius 1 is 1.03 bits per heavy atom. The van der Waals surface area contributed by atoms with E-state index in [0.717, 1.165) is 33.4 Å². The highest BCUT2D eigenvalue weighted by molar-refractivity contribution is 6.34. The molecule has 7 heteroatoms. The van der Waals surface area contributed by atoms with Crippen molar-refractivity contribution in [1.82, 2.24) is 9.99 Å². The van der Waals surface area contributed by atoms with Gasteiger partial charge in [0.25, 0.3) is 5.91 Å². The minimum absolute atomic E-state index is 0.351. The quantitative estimate of drug-likeness (QED) is 0.276. The summed E-state index contributed by atoms with van der Waals surface area (Å²) < 4.78 is 7.41. The molecule has 1 amide bonds. The van der Waals surface area contributed by atoms with E-state index in [1.807, 2.05) is 60.9 Å². The highest BCUT2D eigenvalue weighted by atomic mass is 35.5. The number of hydrogen-bond donors (Lipinski definition) is 1. The first kappa shape index (κ1) is 21.9. The monoisotopic (exact) mass is 465 g/mol. The third-order valence-corrected chi connectivity index (χ3v) is 5.86. The van der Waals surface area contributed by atoms with Gasteiger partial charge in [-0.1, -0.05) is 47.5 Å². The number of nitrogens with one attached hydrogen (secondary N) is 1. The third-order valence-electron chi connectivity index (χ3n) is 5.30. The molecule has 3 aromatic carbocycles. The lowest BCUT2D eigenvalue weighted by atomic mass is 10.1. The number of nitrogens with zero attached hydrogens (tertiary/aromatic N) is 2. The molecule has 0 radical (unpaired) electrons. The van der Waals surface area contributed by atoms with Gasteiger partial charge in [0.2, 0.25) is 0 Å². The van der Waals surface area contributed by atoms with Crippen molar-refractivity contribution in [1.29, 1.82) is 0 Å². The number of rotatable bonds is 5. The van der Waals surface area contributed by atoms with E-state index in [1.54, 1.807) is 31.5 Å². The van der Waals surface area contributed by atoms with Gasteiger partial charge in [-0.05, 0) is 61.0 Å². The van der Waals surface area contributed by atoms with Crippen LogP contribution in [0.4, 0.5) is 0 Å². The summed E-state index contributed by atoms with van der Waals surface area (Å²) in [6.45, 7) is 3.93. The van der Waals surface area contributed by atoms with Crippen LogP contribution in [0, 0.1) is 13.8 Å². The molecule has 0 aliphatic carbocycles. The molecular formula is C25H21Cl2N3O2. The Bertz CT molecular complexity index is 1360. The van der Waals surface area contributed by atoms with Crippen molar-refractivity contribution in [3.05, 3.63) is 93.2 Å². The van der Waals surface area contributed by atoms with Crippen LogP contribution in [-0.2, 0) is 0 Å². The van der Waals surface area contributed by atoms with E-state index >= 15 is 0 Å². The Morgan fingerprint density at radius 3 is 2.47 bits per heavy atom. The maximum Gasteiger partial charge on any atom is 0.275 e. The molecule has 0 aliphatic heterocycles. The van der Waals surface area contributed by atoms with Gasteiger partial charge in [-0.15, -0.1) is 0 Å². The molecule has 5 nitrogen and oxygen atoms in total. The largest absolute Gasteiger partial charge is 0.496 e. The van der Waals surface area contributed by atoms with E-state index in [4.69, 9.17) is 27.9 Å². The molecule has 1 aromatic heterocycles. The molecule has 4 aromatic rings. The Labute approximate surface area is 196 Å². The van der Waals surface area contributed by atoms with Crippen molar-refractivity contribution in [2.24, 2.45) is 5.10 Å². The van der Waals surface area contributed by atoms with E-state index in [9.17, 15) is 4.79 Å². The van der Waals surface area contributed by atoms with Crippen LogP contribution >= 0.6 is 23.2 Å². The molecule has 0 bridgehead atoms. The minimum atomic E-state index is -0.351. The molecule has 0 saturated heterocycles. The number of hydrogen-bond acceptors (Lipinski definition) is 3. The van der Waals surface area contributed by atoms with Gasteiger partial charge in [0.15, 0.2) is 0 Å². The molecule has 0 fully saturated rings. The number of aromatic nitrogens is 1. The van der Waals surface area contributed by atoms with Crippen molar-refractivity contribution in [3.63, 3.8) is 0 Å². The molecule has 1 N–H and O–H groups in total. The number of aryl methyl sites for hydroxylation is 1. The summed E-state index contributed by atoms with van der Waals surface area (Å²) in [5, 5.41) is 7.31. The molecule has 1 heterocycles. The second-order valence-corrected chi connectivity index (χ2v) is 8.20. The van der Waals surface area contributed by atoms with E-state index in [0.29, 0.717) is 21.4 Å². The number of carbonyl (C=O) groups excluding carboxylic acids is 1. The molecular weight excluding hydrogens is 445 g/mol. The van der Waals surface area contributed by atoms with Gasteiger partial charge in [0.1, 0.15) is 5.75 Å². The van der Waals surface area contributed by atoms with E-state index < -0.39 is 0 Å². The summed E-state index contributed by atoms with van der Waals surface area (Å²) >= 11 is 12.5. The maximum absolute atomic E-state index is 12.8. The van der Waals surface area contributed by atoms with Gasteiger partial charge in [-0.25, -0.2) is 5.43 Å². The Kier molecular flexibility index (Phi) is 6.21. The lowest BCUT2D eigenvalue weighted by Crippen LogP contribution is -2.18. The van der Waals surface area contributed by atoms with Gasteiger partial charge in [0.05, 0.1) is 29.6 Å². The van der Waals surface area contributed by atoms with Crippen LogP contribution in [0.15, 0.2) is 65.8 Å². The lowest BCUT2D eigenvalue weighted by molar-refractivity contribution is 0.0952.